The monoisotopic (exact) mass is 420 g/mol. The Balaban J connectivity index is 1.78. The Bertz CT molecular complexity index is 1130. The van der Waals surface area contributed by atoms with Gasteiger partial charge >= 0.3 is 0 Å². The first-order valence-electron chi connectivity index (χ1n) is 7.41. The first-order valence-corrected chi connectivity index (χ1v) is 11.8. The van der Waals surface area contributed by atoms with Gasteiger partial charge in [-0.1, -0.05) is 35.6 Å². The summed E-state index contributed by atoms with van der Waals surface area (Å²) in [4.78, 5) is 5.21. The van der Waals surface area contributed by atoms with Gasteiger partial charge in [0.2, 0.25) is 5.16 Å². The largest absolute Gasteiger partial charge is 0.269 e. The van der Waals surface area contributed by atoms with E-state index in [0.29, 0.717) is 9.50 Å². The van der Waals surface area contributed by atoms with E-state index in [4.69, 9.17) is 0 Å². The molecule has 10 heteroatoms. The summed E-state index contributed by atoms with van der Waals surface area (Å²) >= 11 is 4.02. The second kappa shape index (κ2) is 6.95. The van der Waals surface area contributed by atoms with Crippen LogP contribution in [0, 0.1) is 0 Å². The summed E-state index contributed by atoms with van der Waals surface area (Å²) in [5.74, 6) is 0.744. The van der Waals surface area contributed by atoms with Crippen LogP contribution in [0.5, 0.6) is 0 Å². The van der Waals surface area contributed by atoms with Gasteiger partial charge in [-0.3, -0.25) is 4.57 Å². The summed E-state index contributed by atoms with van der Waals surface area (Å²) in [6.07, 6.45) is 2.56. The molecule has 0 radical (unpaired) electrons. The number of rotatable bonds is 5. The van der Waals surface area contributed by atoms with Crippen LogP contribution in [0.2, 0.25) is 0 Å². The third kappa shape index (κ3) is 3.45. The van der Waals surface area contributed by atoms with E-state index >= 15 is 0 Å². The summed E-state index contributed by atoms with van der Waals surface area (Å²) in [6, 6.07) is 13.8. The number of thiazole rings is 1. The number of aromatic nitrogens is 4. The Kier molecular flexibility index (Phi) is 4.65. The van der Waals surface area contributed by atoms with Gasteiger partial charge < -0.3 is 0 Å². The second-order valence-corrected chi connectivity index (χ2v) is 10.7. The molecule has 3 heterocycles. The Labute approximate surface area is 162 Å². The fraction of sp³-hybridized carbons (Fsp3) is 0.0625. The molecule has 0 aliphatic heterocycles. The molecule has 4 rings (SSSR count). The molecular formula is C16H12N4O2S4. The molecule has 4 aromatic rings. The van der Waals surface area contributed by atoms with E-state index in [2.05, 4.69) is 15.2 Å². The van der Waals surface area contributed by atoms with Crippen molar-refractivity contribution in [1.82, 2.24) is 19.7 Å². The lowest BCUT2D eigenvalue weighted by Crippen LogP contribution is -1.98. The number of hydrogen-bond donors (Lipinski definition) is 0. The fourth-order valence-electron chi connectivity index (χ4n) is 2.25. The van der Waals surface area contributed by atoms with Crippen LogP contribution >= 0.6 is 34.4 Å². The number of sulfone groups is 1. The predicted octanol–water partition coefficient (Wildman–Crippen LogP) is 4.01. The molecule has 3 aromatic heterocycles. The average Bonchev–Trinajstić information content (AvgIpc) is 3.36. The molecule has 0 aliphatic rings. The first-order chi connectivity index (χ1) is 12.5. The van der Waals surface area contributed by atoms with Gasteiger partial charge in [0.15, 0.2) is 20.0 Å². The third-order valence-electron chi connectivity index (χ3n) is 3.40. The molecule has 6 nitrogen and oxygen atoms in total. The van der Waals surface area contributed by atoms with Crippen molar-refractivity contribution in [3.63, 3.8) is 0 Å². The summed E-state index contributed by atoms with van der Waals surface area (Å²) in [5, 5.41) is 11.3. The Morgan fingerprint density at radius 3 is 2.54 bits per heavy atom. The SMILES string of the molecule is CS(=O)(=O)c1cnc(Sc2nnc(-c3cccs3)n2-c2ccccc2)s1. The van der Waals surface area contributed by atoms with Crippen molar-refractivity contribution in [2.75, 3.05) is 6.26 Å². The zero-order valence-corrected chi connectivity index (χ0v) is 16.7. The lowest BCUT2D eigenvalue weighted by molar-refractivity contribution is 0.603. The minimum Gasteiger partial charge on any atom is -0.269 e. The minimum absolute atomic E-state index is 0.240. The molecule has 26 heavy (non-hydrogen) atoms. The number of nitrogens with zero attached hydrogens (tertiary/aromatic N) is 4. The number of benzene rings is 1. The van der Waals surface area contributed by atoms with Gasteiger partial charge in [-0.2, -0.15) is 0 Å². The standard InChI is InChI=1S/C16H12N4O2S4/c1-26(21,22)13-10-17-16(24-13)25-15-19-18-14(12-8-5-9-23-12)20(15)11-6-3-2-4-7-11/h2-10H,1H3. The molecule has 132 valence electrons. The quantitative estimate of drug-likeness (QED) is 0.485. The molecule has 0 saturated heterocycles. The topological polar surface area (TPSA) is 77.7 Å². The van der Waals surface area contributed by atoms with Gasteiger partial charge in [0, 0.05) is 11.9 Å². The van der Waals surface area contributed by atoms with E-state index in [0.717, 1.165) is 27.7 Å². The highest BCUT2D eigenvalue weighted by molar-refractivity contribution is 8.01. The van der Waals surface area contributed by atoms with Crippen LogP contribution in [0.4, 0.5) is 0 Å². The van der Waals surface area contributed by atoms with E-state index in [1.165, 1.54) is 24.2 Å². The lowest BCUT2D eigenvalue weighted by atomic mass is 10.3. The van der Waals surface area contributed by atoms with E-state index in [1.54, 1.807) is 11.3 Å². The molecule has 0 spiro atoms. The maximum atomic E-state index is 11.7. The van der Waals surface area contributed by atoms with Gasteiger partial charge in [-0.05, 0) is 35.3 Å². The van der Waals surface area contributed by atoms with Crippen LogP contribution in [0.15, 0.2) is 67.7 Å². The molecule has 1 aromatic carbocycles. The average molecular weight is 421 g/mol. The van der Waals surface area contributed by atoms with Crippen LogP contribution in [-0.2, 0) is 9.84 Å². The molecule has 0 bridgehead atoms. The minimum atomic E-state index is -3.27. The Morgan fingerprint density at radius 1 is 1.08 bits per heavy atom. The summed E-state index contributed by atoms with van der Waals surface area (Å²) in [5.41, 5.74) is 0.934. The molecule has 0 atom stereocenters. The maximum absolute atomic E-state index is 11.7. The Hall–Kier alpha value is -2.01. The number of para-hydroxylation sites is 1. The van der Waals surface area contributed by atoms with Crippen molar-refractivity contribution in [3.05, 3.63) is 54.0 Å². The molecule has 0 fully saturated rings. The van der Waals surface area contributed by atoms with E-state index in [-0.39, 0.29) is 4.21 Å². The maximum Gasteiger partial charge on any atom is 0.203 e. The van der Waals surface area contributed by atoms with Gasteiger partial charge in [0.05, 0.1) is 11.1 Å². The lowest BCUT2D eigenvalue weighted by Gasteiger charge is -2.08. The Morgan fingerprint density at radius 2 is 1.88 bits per heavy atom. The van der Waals surface area contributed by atoms with Gasteiger partial charge in [-0.25, -0.2) is 13.4 Å². The molecule has 0 unspecified atom stereocenters. The molecular weight excluding hydrogens is 408 g/mol. The van der Waals surface area contributed by atoms with E-state index in [1.807, 2.05) is 52.4 Å². The number of hydrogen-bond acceptors (Lipinski definition) is 8. The van der Waals surface area contributed by atoms with Crippen molar-refractivity contribution in [3.8, 4) is 16.4 Å². The summed E-state index contributed by atoms with van der Waals surface area (Å²) in [6.45, 7) is 0. The van der Waals surface area contributed by atoms with Crippen molar-refractivity contribution in [2.24, 2.45) is 0 Å². The van der Waals surface area contributed by atoms with Crippen LogP contribution in [0.3, 0.4) is 0 Å². The van der Waals surface area contributed by atoms with Gasteiger partial charge in [-0.15, -0.1) is 21.5 Å². The van der Waals surface area contributed by atoms with Gasteiger partial charge in [0.1, 0.15) is 4.21 Å². The predicted molar refractivity (Wildman–Crippen MR) is 104 cm³/mol. The van der Waals surface area contributed by atoms with Crippen molar-refractivity contribution in [2.45, 2.75) is 13.7 Å². The zero-order valence-electron chi connectivity index (χ0n) is 13.4. The van der Waals surface area contributed by atoms with Crippen LogP contribution in [0.25, 0.3) is 16.4 Å². The highest BCUT2D eigenvalue weighted by Crippen LogP contribution is 2.36. The molecule has 0 saturated carbocycles. The molecule has 0 N–H and O–H groups in total. The second-order valence-electron chi connectivity index (χ2n) is 5.27. The van der Waals surface area contributed by atoms with Crippen molar-refractivity contribution in [1.29, 1.82) is 0 Å². The van der Waals surface area contributed by atoms with E-state index < -0.39 is 9.84 Å². The first kappa shape index (κ1) is 17.4. The number of thiophene rings is 1. The van der Waals surface area contributed by atoms with Crippen molar-refractivity contribution >= 4 is 44.3 Å². The summed E-state index contributed by atoms with van der Waals surface area (Å²) < 4.78 is 26.2. The highest BCUT2D eigenvalue weighted by Gasteiger charge is 2.20. The summed E-state index contributed by atoms with van der Waals surface area (Å²) in [7, 11) is -3.27. The molecule has 0 amide bonds. The zero-order chi connectivity index (χ0) is 18.1. The fourth-order valence-corrected chi connectivity index (χ4v) is 5.86. The third-order valence-corrected chi connectivity index (χ3v) is 8.07. The van der Waals surface area contributed by atoms with E-state index in [9.17, 15) is 8.42 Å². The van der Waals surface area contributed by atoms with Gasteiger partial charge in [0.25, 0.3) is 0 Å². The van der Waals surface area contributed by atoms with Crippen LogP contribution < -0.4 is 0 Å². The molecule has 0 aliphatic carbocycles. The van der Waals surface area contributed by atoms with Crippen LogP contribution in [-0.4, -0.2) is 34.4 Å². The van der Waals surface area contributed by atoms with Crippen molar-refractivity contribution < 1.29 is 8.42 Å². The normalized spacial score (nSPS) is 11.7. The highest BCUT2D eigenvalue weighted by atomic mass is 32.2. The van der Waals surface area contributed by atoms with Crippen LogP contribution in [0.1, 0.15) is 0 Å². The smallest absolute Gasteiger partial charge is 0.203 e.